The zero-order valence-corrected chi connectivity index (χ0v) is 23.1. The summed E-state index contributed by atoms with van der Waals surface area (Å²) in [6.07, 6.45) is 10.7. The molecule has 0 aliphatic heterocycles. The van der Waals surface area contributed by atoms with E-state index >= 15 is 0 Å². The van der Waals surface area contributed by atoms with Gasteiger partial charge in [0.2, 0.25) is 0 Å². The summed E-state index contributed by atoms with van der Waals surface area (Å²) in [5.74, 6) is 0.340. The molecule has 0 amide bonds. The van der Waals surface area contributed by atoms with Gasteiger partial charge in [-0.2, -0.15) is 5.10 Å². The molecule has 0 atom stereocenters. The Morgan fingerprint density at radius 3 is 2.75 bits per heavy atom. The number of hydrogen-bond acceptors (Lipinski definition) is 4. The number of allylic oxidation sites excluding steroid dienone is 2. The van der Waals surface area contributed by atoms with Crippen LogP contribution in [0.1, 0.15) is 44.2 Å². The van der Waals surface area contributed by atoms with Crippen molar-refractivity contribution in [3.8, 4) is 22.6 Å². The summed E-state index contributed by atoms with van der Waals surface area (Å²) < 4.78 is 14.2. The number of aromatic amines is 2. The third-order valence-corrected chi connectivity index (χ3v) is 6.79. The summed E-state index contributed by atoms with van der Waals surface area (Å²) in [6.45, 7) is 14.5. The monoisotopic (exact) mass is 532 g/mol. The molecule has 7 heteroatoms. The summed E-state index contributed by atoms with van der Waals surface area (Å²) >= 11 is 0. The molecule has 0 aliphatic carbocycles. The van der Waals surface area contributed by atoms with E-state index in [1.165, 1.54) is 12.1 Å². The maximum Gasteiger partial charge on any atom is 0.159 e. The zero-order chi connectivity index (χ0) is 28.2. The second-order valence-corrected chi connectivity index (χ2v) is 9.96. The van der Waals surface area contributed by atoms with E-state index in [1.54, 1.807) is 12.4 Å². The van der Waals surface area contributed by atoms with Gasteiger partial charge in [0.1, 0.15) is 11.5 Å². The largest absolute Gasteiger partial charge is 0.358 e. The summed E-state index contributed by atoms with van der Waals surface area (Å²) in [5.41, 5.74) is 8.27. The van der Waals surface area contributed by atoms with Crippen LogP contribution >= 0.6 is 0 Å². The lowest BCUT2D eigenvalue weighted by Crippen LogP contribution is -2.23. The molecular formula is C33H33FN6. The van der Waals surface area contributed by atoms with Gasteiger partial charge in [-0.25, -0.2) is 9.37 Å². The van der Waals surface area contributed by atoms with E-state index in [2.05, 4.69) is 45.6 Å². The number of benzene rings is 2. The van der Waals surface area contributed by atoms with Gasteiger partial charge in [-0.3, -0.25) is 10.1 Å². The second-order valence-electron chi connectivity index (χ2n) is 9.96. The lowest BCUT2D eigenvalue weighted by atomic mass is 10.0. The standard InChI is InChI=1S/C33H33FN6/c1-6-8-10-22(5)36-26-17-24(18-35-19-26)21(4)15-28-29(7-2)39-40-32(28)33-37-30-12-9-11-27(31(30)38-33)23-13-20(3)14-25(34)16-23/h7,9,11-19,36,39H,4-6,8,10H2,1-3H3,(H,37,38)/b28-15+,29-7+. The molecule has 2 aromatic carbocycles. The fourth-order valence-electron chi connectivity index (χ4n) is 4.78. The summed E-state index contributed by atoms with van der Waals surface area (Å²) in [5, 5.41) is 12.8. The minimum absolute atomic E-state index is 0.271. The van der Waals surface area contributed by atoms with Gasteiger partial charge in [0, 0.05) is 28.2 Å². The van der Waals surface area contributed by atoms with Gasteiger partial charge in [0.25, 0.3) is 0 Å². The predicted molar refractivity (Wildman–Crippen MR) is 163 cm³/mol. The molecular weight excluding hydrogens is 499 g/mol. The first kappa shape index (κ1) is 26.8. The molecule has 202 valence electrons. The quantitative estimate of drug-likeness (QED) is 0.193. The number of unbranched alkanes of at least 4 members (excludes halogenated alkanes) is 1. The number of nitrogens with one attached hydrogen (secondary N) is 3. The number of rotatable bonds is 9. The number of imidazole rings is 1. The fraction of sp³-hybridized carbons (Fsp3) is 0.182. The smallest absolute Gasteiger partial charge is 0.159 e. The second kappa shape index (κ2) is 11.5. The highest BCUT2D eigenvalue weighted by molar-refractivity contribution is 5.94. The normalized spacial score (nSPS) is 12.3. The van der Waals surface area contributed by atoms with Gasteiger partial charge in [-0.15, -0.1) is 0 Å². The first-order chi connectivity index (χ1) is 19.4. The number of aryl methyl sites for hydroxylation is 1. The summed E-state index contributed by atoms with van der Waals surface area (Å²) in [6, 6.07) is 12.9. The molecule has 0 bridgehead atoms. The van der Waals surface area contributed by atoms with Crippen LogP contribution in [-0.2, 0) is 0 Å². The highest BCUT2D eigenvalue weighted by atomic mass is 19.1. The lowest BCUT2D eigenvalue weighted by molar-refractivity contribution is 0.627. The Morgan fingerprint density at radius 2 is 1.98 bits per heavy atom. The fourth-order valence-corrected chi connectivity index (χ4v) is 4.78. The van der Waals surface area contributed by atoms with E-state index in [9.17, 15) is 4.39 Å². The molecule has 3 heterocycles. The molecule has 6 nitrogen and oxygen atoms in total. The molecule has 0 radical (unpaired) electrons. The van der Waals surface area contributed by atoms with E-state index in [0.717, 1.165) is 80.1 Å². The maximum atomic E-state index is 14.2. The Kier molecular flexibility index (Phi) is 7.73. The Balaban J connectivity index is 1.54. The highest BCUT2D eigenvalue weighted by Gasteiger charge is 2.15. The van der Waals surface area contributed by atoms with Crippen molar-refractivity contribution in [1.82, 2.24) is 25.1 Å². The Morgan fingerprint density at radius 1 is 1.12 bits per heavy atom. The minimum Gasteiger partial charge on any atom is -0.358 e. The number of fused-ring (bicyclic) bond motifs is 1. The van der Waals surface area contributed by atoms with Crippen LogP contribution in [0.3, 0.4) is 0 Å². The average molecular weight is 533 g/mol. The van der Waals surface area contributed by atoms with E-state index in [0.29, 0.717) is 11.5 Å². The number of halogens is 1. The van der Waals surface area contributed by atoms with Crippen LogP contribution in [0.2, 0.25) is 0 Å². The number of nitrogens with zero attached hydrogens (tertiary/aromatic N) is 3. The van der Waals surface area contributed by atoms with Crippen LogP contribution in [0, 0.1) is 12.7 Å². The van der Waals surface area contributed by atoms with Crippen LogP contribution in [0.25, 0.3) is 51.4 Å². The van der Waals surface area contributed by atoms with Gasteiger partial charge >= 0.3 is 0 Å². The van der Waals surface area contributed by atoms with Crippen LogP contribution in [0.15, 0.2) is 73.7 Å². The average Bonchev–Trinajstić information content (AvgIpc) is 3.55. The number of H-pyrrole nitrogens is 2. The van der Waals surface area contributed by atoms with Crippen LogP contribution in [0.5, 0.6) is 0 Å². The first-order valence-electron chi connectivity index (χ1n) is 13.4. The summed E-state index contributed by atoms with van der Waals surface area (Å²) in [7, 11) is 0. The molecule has 0 unspecified atom stereocenters. The van der Waals surface area contributed by atoms with Gasteiger partial charge in [0.15, 0.2) is 5.82 Å². The molecule has 0 saturated heterocycles. The molecule has 0 saturated carbocycles. The van der Waals surface area contributed by atoms with E-state index in [1.807, 2.05) is 56.3 Å². The predicted octanol–water partition coefficient (Wildman–Crippen LogP) is 6.87. The molecule has 5 aromatic rings. The van der Waals surface area contributed by atoms with Gasteiger partial charge in [-0.05, 0) is 73.7 Å². The van der Waals surface area contributed by atoms with E-state index in [-0.39, 0.29) is 5.82 Å². The topological polar surface area (TPSA) is 82.3 Å². The van der Waals surface area contributed by atoms with Crippen molar-refractivity contribution >= 4 is 34.4 Å². The number of pyridine rings is 1. The maximum absolute atomic E-state index is 14.2. The lowest BCUT2D eigenvalue weighted by Gasteiger charge is -2.10. The molecule has 5 rings (SSSR count). The van der Waals surface area contributed by atoms with Crippen molar-refractivity contribution in [2.45, 2.75) is 40.0 Å². The Hall–Kier alpha value is -4.78. The molecule has 0 spiro atoms. The van der Waals surface area contributed by atoms with Crippen molar-refractivity contribution in [3.05, 3.63) is 101 Å². The molecule has 3 aromatic heterocycles. The van der Waals surface area contributed by atoms with Crippen molar-refractivity contribution in [1.29, 1.82) is 0 Å². The number of aromatic nitrogens is 5. The number of anilines is 1. The van der Waals surface area contributed by atoms with E-state index < -0.39 is 0 Å². The summed E-state index contributed by atoms with van der Waals surface area (Å²) in [4.78, 5) is 12.7. The van der Waals surface area contributed by atoms with Gasteiger partial charge in [-0.1, -0.05) is 50.8 Å². The minimum atomic E-state index is -0.271. The van der Waals surface area contributed by atoms with Crippen LogP contribution in [0.4, 0.5) is 10.1 Å². The highest BCUT2D eigenvalue weighted by Crippen LogP contribution is 2.30. The number of hydrogen-bond donors (Lipinski definition) is 3. The van der Waals surface area contributed by atoms with Crippen molar-refractivity contribution in [3.63, 3.8) is 0 Å². The van der Waals surface area contributed by atoms with E-state index in [4.69, 9.17) is 4.98 Å². The van der Waals surface area contributed by atoms with Crippen molar-refractivity contribution in [2.24, 2.45) is 0 Å². The SMILES string of the molecule is C=C(CCCC)Nc1cncc(C(=C)/C=c2/c(-c3nc4c(-c5cc(C)cc(F)c5)cccc4[nH]3)n[nH]/c2=C/C)c1. The first-order valence-corrected chi connectivity index (χ1v) is 13.4. The Bertz CT molecular complexity index is 1820. The Labute approximate surface area is 233 Å². The molecule has 40 heavy (non-hydrogen) atoms. The molecule has 0 fully saturated rings. The third-order valence-electron chi connectivity index (χ3n) is 6.79. The van der Waals surface area contributed by atoms with Crippen LogP contribution < -0.4 is 15.9 Å². The molecule has 3 N–H and O–H groups in total. The van der Waals surface area contributed by atoms with Crippen molar-refractivity contribution < 1.29 is 4.39 Å². The zero-order valence-electron chi connectivity index (χ0n) is 23.1. The molecule has 0 aliphatic rings. The third kappa shape index (κ3) is 5.64. The van der Waals surface area contributed by atoms with Crippen molar-refractivity contribution in [2.75, 3.05) is 5.32 Å². The van der Waals surface area contributed by atoms with Gasteiger partial charge in [0.05, 0.1) is 28.3 Å². The number of para-hydroxylation sites is 1. The van der Waals surface area contributed by atoms with Crippen LogP contribution in [-0.4, -0.2) is 25.1 Å². The van der Waals surface area contributed by atoms with Gasteiger partial charge < -0.3 is 10.3 Å².